The van der Waals surface area contributed by atoms with Crippen molar-refractivity contribution in [2.75, 3.05) is 10.2 Å². The van der Waals surface area contributed by atoms with E-state index in [-0.39, 0.29) is 11.8 Å². The standard InChI is InChI=1S/C25H27N3O3S/c1-6-18-9-7-8-14(2)23(18)27-24(29)15(3)28-21-12-19(20-13-32-17(5)26-20)10-11-22(21)31-16(4)25(28)30/h7-13,15-16H,6H2,1-5H3,(H,27,29). The Balaban J connectivity index is 1.70. The van der Waals surface area contributed by atoms with Crippen molar-refractivity contribution < 1.29 is 14.3 Å². The maximum atomic E-state index is 13.3. The summed E-state index contributed by atoms with van der Waals surface area (Å²) in [6.07, 6.45) is 0.133. The van der Waals surface area contributed by atoms with E-state index in [0.717, 1.165) is 39.5 Å². The summed E-state index contributed by atoms with van der Waals surface area (Å²) >= 11 is 1.57. The van der Waals surface area contributed by atoms with Crippen LogP contribution < -0.4 is 15.0 Å². The molecule has 2 heterocycles. The lowest BCUT2D eigenvalue weighted by Crippen LogP contribution is -2.52. The van der Waals surface area contributed by atoms with Gasteiger partial charge >= 0.3 is 0 Å². The van der Waals surface area contributed by atoms with E-state index < -0.39 is 12.1 Å². The number of rotatable bonds is 5. The SMILES string of the molecule is CCc1cccc(C)c1NC(=O)C(C)N1C(=O)C(C)Oc2ccc(-c3csc(C)n3)cc21. The quantitative estimate of drug-likeness (QED) is 0.586. The molecule has 0 fully saturated rings. The number of nitrogens with zero attached hydrogens (tertiary/aromatic N) is 2. The second-order valence-corrected chi connectivity index (χ2v) is 9.09. The summed E-state index contributed by atoms with van der Waals surface area (Å²) in [4.78, 5) is 32.5. The van der Waals surface area contributed by atoms with Crippen LogP contribution in [0.4, 0.5) is 11.4 Å². The maximum Gasteiger partial charge on any atom is 0.268 e. The number of carbonyl (C=O) groups is 2. The van der Waals surface area contributed by atoms with E-state index in [2.05, 4.69) is 17.2 Å². The van der Waals surface area contributed by atoms with Crippen LogP contribution in [0.5, 0.6) is 5.75 Å². The molecule has 0 spiro atoms. The molecule has 0 saturated carbocycles. The molecule has 1 aliphatic rings. The van der Waals surface area contributed by atoms with E-state index >= 15 is 0 Å². The number of carbonyl (C=O) groups excluding carboxylic acids is 2. The third kappa shape index (κ3) is 4.00. The zero-order valence-corrected chi connectivity index (χ0v) is 19.7. The average molecular weight is 450 g/mol. The number of hydrogen-bond donors (Lipinski definition) is 1. The number of nitrogens with one attached hydrogen (secondary N) is 1. The minimum absolute atomic E-state index is 0.239. The van der Waals surface area contributed by atoms with Gasteiger partial charge in [0, 0.05) is 16.6 Å². The number of fused-ring (bicyclic) bond motifs is 1. The van der Waals surface area contributed by atoms with Gasteiger partial charge in [0.1, 0.15) is 11.8 Å². The van der Waals surface area contributed by atoms with Crippen LogP contribution in [-0.2, 0) is 16.0 Å². The number of benzene rings is 2. The number of aryl methyl sites for hydroxylation is 3. The van der Waals surface area contributed by atoms with Crippen molar-refractivity contribution in [1.29, 1.82) is 0 Å². The molecule has 1 N–H and O–H groups in total. The van der Waals surface area contributed by atoms with Gasteiger partial charge in [0.05, 0.1) is 16.4 Å². The molecule has 0 saturated heterocycles. The molecule has 6 nitrogen and oxygen atoms in total. The monoisotopic (exact) mass is 449 g/mol. The Morgan fingerprint density at radius 2 is 2.06 bits per heavy atom. The molecule has 1 aromatic heterocycles. The van der Waals surface area contributed by atoms with Crippen molar-refractivity contribution in [3.8, 4) is 17.0 Å². The number of para-hydroxylation sites is 1. The average Bonchev–Trinajstić information content (AvgIpc) is 3.21. The van der Waals surface area contributed by atoms with Crippen LogP contribution in [0.3, 0.4) is 0 Å². The number of aromatic nitrogens is 1. The van der Waals surface area contributed by atoms with Crippen molar-refractivity contribution in [2.24, 2.45) is 0 Å². The molecule has 0 radical (unpaired) electrons. The van der Waals surface area contributed by atoms with E-state index in [9.17, 15) is 9.59 Å². The Morgan fingerprint density at radius 1 is 1.28 bits per heavy atom. The zero-order valence-electron chi connectivity index (χ0n) is 18.9. The molecule has 2 aromatic carbocycles. The highest BCUT2D eigenvalue weighted by Crippen LogP contribution is 2.39. The van der Waals surface area contributed by atoms with Gasteiger partial charge in [-0.05, 0) is 63.4 Å². The van der Waals surface area contributed by atoms with E-state index in [1.165, 1.54) is 0 Å². The van der Waals surface area contributed by atoms with Gasteiger partial charge in [-0.3, -0.25) is 14.5 Å². The van der Waals surface area contributed by atoms with Gasteiger partial charge in [-0.25, -0.2) is 4.98 Å². The molecular weight excluding hydrogens is 422 g/mol. The molecule has 0 aliphatic carbocycles. The fourth-order valence-corrected chi connectivity index (χ4v) is 4.58. The molecule has 4 rings (SSSR count). The summed E-state index contributed by atoms with van der Waals surface area (Å²) in [6, 6.07) is 10.9. The first-order valence-corrected chi connectivity index (χ1v) is 11.6. The van der Waals surface area contributed by atoms with E-state index in [4.69, 9.17) is 4.74 Å². The van der Waals surface area contributed by atoms with Crippen LogP contribution >= 0.6 is 11.3 Å². The van der Waals surface area contributed by atoms with Crippen LogP contribution in [0.2, 0.25) is 0 Å². The van der Waals surface area contributed by atoms with E-state index in [1.54, 1.807) is 30.1 Å². The molecule has 32 heavy (non-hydrogen) atoms. The topological polar surface area (TPSA) is 71.5 Å². The van der Waals surface area contributed by atoms with Crippen molar-refractivity contribution in [3.63, 3.8) is 0 Å². The van der Waals surface area contributed by atoms with Crippen molar-refractivity contribution >= 4 is 34.5 Å². The largest absolute Gasteiger partial charge is 0.479 e. The zero-order chi connectivity index (χ0) is 23.0. The Morgan fingerprint density at radius 3 is 2.75 bits per heavy atom. The maximum absolute atomic E-state index is 13.3. The van der Waals surface area contributed by atoms with Gasteiger partial charge in [0.15, 0.2) is 6.10 Å². The molecule has 2 atom stereocenters. The van der Waals surface area contributed by atoms with Gasteiger partial charge in [0.25, 0.3) is 5.91 Å². The highest BCUT2D eigenvalue weighted by atomic mass is 32.1. The Hall–Kier alpha value is -3.19. The summed E-state index contributed by atoms with van der Waals surface area (Å²) < 4.78 is 5.83. The summed E-state index contributed by atoms with van der Waals surface area (Å²) in [7, 11) is 0. The van der Waals surface area contributed by atoms with Crippen LogP contribution in [0.15, 0.2) is 41.8 Å². The molecule has 0 bridgehead atoms. The molecule has 1 aliphatic heterocycles. The number of ether oxygens (including phenoxy) is 1. The molecular formula is C25H27N3O3S. The van der Waals surface area contributed by atoms with Crippen LogP contribution in [-0.4, -0.2) is 28.9 Å². The summed E-state index contributed by atoms with van der Waals surface area (Å²) in [6.45, 7) is 9.43. The molecule has 2 unspecified atom stereocenters. The lowest BCUT2D eigenvalue weighted by molar-refractivity contribution is -0.128. The highest BCUT2D eigenvalue weighted by molar-refractivity contribution is 7.09. The van der Waals surface area contributed by atoms with Crippen LogP contribution in [0, 0.1) is 13.8 Å². The highest BCUT2D eigenvalue weighted by Gasteiger charge is 2.37. The van der Waals surface area contributed by atoms with Crippen molar-refractivity contribution in [1.82, 2.24) is 4.98 Å². The van der Waals surface area contributed by atoms with Crippen LogP contribution in [0.25, 0.3) is 11.3 Å². The first kappa shape index (κ1) is 22.0. The molecule has 7 heteroatoms. The Bertz CT molecular complexity index is 1190. The minimum atomic E-state index is -0.718. The fourth-order valence-electron chi connectivity index (χ4n) is 3.96. The number of anilines is 2. The van der Waals surface area contributed by atoms with Gasteiger partial charge in [-0.15, -0.1) is 11.3 Å². The number of amides is 2. The minimum Gasteiger partial charge on any atom is -0.479 e. The third-order valence-electron chi connectivity index (χ3n) is 5.78. The van der Waals surface area contributed by atoms with Crippen LogP contribution in [0.1, 0.15) is 36.9 Å². The summed E-state index contributed by atoms with van der Waals surface area (Å²) in [5.74, 6) is 0.0992. The first-order valence-electron chi connectivity index (χ1n) is 10.8. The van der Waals surface area contributed by atoms with Gasteiger partial charge in [-0.2, -0.15) is 0 Å². The lowest BCUT2D eigenvalue weighted by Gasteiger charge is -2.36. The van der Waals surface area contributed by atoms with E-state index in [1.807, 2.05) is 55.6 Å². The Kier molecular flexibility index (Phi) is 6.02. The second-order valence-electron chi connectivity index (χ2n) is 8.03. The predicted molar refractivity (Wildman–Crippen MR) is 129 cm³/mol. The summed E-state index contributed by atoms with van der Waals surface area (Å²) in [5, 5.41) is 6.01. The number of hydrogen-bond acceptors (Lipinski definition) is 5. The van der Waals surface area contributed by atoms with E-state index in [0.29, 0.717) is 11.4 Å². The predicted octanol–water partition coefficient (Wildman–Crippen LogP) is 5.13. The Labute approximate surface area is 192 Å². The molecule has 3 aromatic rings. The van der Waals surface area contributed by atoms with Gasteiger partial charge < -0.3 is 10.1 Å². The first-order chi connectivity index (χ1) is 15.3. The second kappa shape index (κ2) is 8.74. The molecule has 2 amide bonds. The third-order valence-corrected chi connectivity index (χ3v) is 6.55. The fraction of sp³-hybridized carbons (Fsp3) is 0.320. The van der Waals surface area contributed by atoms with Gasteiger partial charge in [0.2, 0.25) is 5.91 Å². The lowest BCUT2D eigenvalue weighted by atomic mass is 10.0. The number of thiazole rings is 1. The van der Waals surface area contributed by atoms with Crippen molar-refractivity contribution in [3.05, 3.63) is 57.9 Å². The normalized spacial score (nSPS) is 16.3. The van der Waals surface area contributed by atoms with Gasteiger partial charge in [-0.1, -0.05) is 25.1 Å². The summed E-state index contributed by atoms with van der Waals surface area (Å²) in [5.41, 5.74) is 5.17. The smallest absolute Gasteiger partial charge is 0.268 e. The van der Waals surface area contributed by atoms with Crippen molar-refractivity contribution in [2.45, 2.75) is 53.2 Å². The molecule has 166 valence electrons.